The van der Waals surface area contributed by atoms with E-state index in [1.165, 1.54) is 24.3 Å². The van der Waals surface area contributed by atoms with Crippen LogP contribution >= 0.6 is 11.6 Å². The largest absolute Gasteiger partial charge is 0.278 e. The van der Waals surface area contributed by atoms with Crippen LogP contribution in [0.4, 0.5) is 5.69 Å². The van der Waals surface area contributed by atoms with Gasteiger partial charge in [0.05, 0.1) is 27.2 Å². The predicted octanol–water partition coefficient (Wildman–Crippen LogP) is 3.32. The van der Waals surface area contributed by atoms with Crippen LogP contribution in [0.1, 0.15) is 11.1 Å². The maximum Gasteiger partial charge on any atom is 0.261 e. The molecule has 0 saturated carbocycles. The van der Waals surface area contributed by atoms with Gasteiger partial charge in [0, 0.05) is 0 Å². The van der Waals surface area contributed by atoms with Gasteiger partial charge in [-0.3, -0.25) is 4.72 Å². The number of sulfonamides is 1. The number of hydrogen-bond acceptors (Lipinski definition) is 3. The molecule has 0 saturated heterocycles. The van der Waals surface area contributed by atoms with Gasteiger partial charge in [0.25, 0.3) is 10.0 Å². The summed E-state index contributed by atoms with van der Waals surface area (Å²) in [5, 5.41) is 9.04. The van der Waals surface area contributed by atoms with Crippen molar-refractivity contribution in [2.45, 2.75) is 11.8 Å². The first-order valence-corrected chi connectivity index (χ1v) is 7.58. The molecule has 0 amide bonds. The van der Waals surface area contributed by atoms with Crippen molar-refractivity contribution in [3.8, 4) is 6.07 Å². The van der Waals surface area contributed by atoms with Crippen molar-refractivity contribution in [2.75, 3.05) is 4.72 Å². The number of para-hydroxylation sites is 1. The van der Waals surface area contributed by atoms with Gasteiger partial charge in [-0.05, 0) is 42.8 Å². The minimum Gasteiger partial charge on any atom is -0.278 e. The van der Waals surface area contributed by atoms with E-state index in [9.17, 15) is 8.42 Å². The zero-order chi connectivity index (χ0) is 14.8. The first kappa shape index (κ1) is 14.4. The lowest BCUT2D eigenvalue weighted by Gasteiger charge is -2.12. The lowest BCUT2D eigenvalue weighted by atomic mass is 10.2. The van der Waals surface area contributed by atoms with Crippen LogP contribution in [0.15, 0.2) is 47.4 Å². The molecule has 20 heavy (non-hydrogen) atoms. The summed E-state index contributed by atoms with van der Waals surface area (Å²) in [6.45, 7) is 1.77. The first-order chi connectivity index (χ1) is 9.44. The van der Waals surface area contributed by atoms with Gasteiger partial charge >= 0.3 is 0 Å². The van der Waals surface area contributed by atoms with E-state index in [0.717, 1.165) is 5.56 Å². The highest BCUT2D eigenvalue weighted by molar-refractivity contribution is 7.92. The highest BCUT2D eigenvalue weighted by atomic mass is 35.5. The Bertz CT molecular complexity index is 758. The Labute approximate surface area is 122 Å². The second-order valence-electron chi connectivity index (χ2n) is 4.17. The maximum absolute atomic E-state index is 12.3. The molecule has 0 aromatic heterocycles. The van der Waals surface area contributed by atoms with E-state index in [-0.39, 0.29) is 4.90 Å². The van der Waals surface area contributed by atoms with Crippen LogP contribution in [-0.4, -0.2) is 8.42 Å². The number of hydrogen-bond donors (Lipinski definition) is 1. The smallest absolute Gasteiger partial charge is 0.261 e. The molecule has 0 heterocycles. The summed E-state index contributed by atoms with van der Waals surface area (Å²) >= 11 is 6.00. The Kier molecular flexibility index (Phi) is 3.98. The van der Waals surface area contributed by atoms with Gasteiger partial charge in [0.2, 0.25) is 0 Å². The first-order valence-electron chi connectivity index (χ1n) is 5.72. The molecule has 0 atom stereocenters. The van der Waals surface area contributed by atoms with E-state index in [0.29, 0.717) is 16.3 Å². The van der Waals surface area contributed by atoms with Crippen LogP contribution in [0.25, 0.3) is 0 Å². The molecule has 0 unspecified atom stereocenters. The second kappa shape index (κ2) is 5.53. The van der Waals surface area contributed by atoms with Gasteiger partial charge in [-0.1, -0.05) is 23.7 Å². The SMILES string of the molecule is Cc1cccc(Cl)c1NS(=O)(=O)c1ccc(C#N)cc1. The molecule has 0 aliphatic heterocycles. The van der Waals surface area contributed by atoms with E-state index in [4.69, 9.17) is 16.9 Å². The number of nitriles is 1. The van der Waals surface area contributed by atoms with Gasteiger partial charge < -0.3 is 0 Å². The van der Waals surface area contributed by atoms with Crippen LogP contribution in [0.2, 0.25) is 5.02 Å². The van der Waals surface area contributed by atoms with Crippen LogP contribution in [0.3, 0.4) is 0 Å². The summed E-state index contributed by atoms with van der Waals surface area (Å²) in [5.74, 6) is 0. The van der Waals surface area contributed by atoms with Crippen molar-refractivity contribution >= 4 is 27.3 Å². The fourth-order valence-electron chi connectivity index (χ4n) is 1.66. The standard InChI is InChI=1S/C14H11ClN2O2S/c1-10-3-2-4-13(15)14(10)17-20(18,19)12-7-5-11(9-16)6-8-12/h2-8,17H,1H3. The van der Waals surface area contributed by atoms with Gasteiger partial charge in [-0.25, -0.2) is 8.42 Å². The Balaban J connectivity index is 2.38. The van der Waals surface area contributed by atoms with E-state index < -0.39 is 10.0 Å². The molecule has 0 aliphatic carbocycles. The lowest BCUT2D eigenvalue weighted by Crippen LogP contribution is -2.14. The van der Waals surface area contributed by atoms with Crippen molar-refractivity contribution in [3.63, 3.8) is 0 Å². The van der Waals surface area contributed by atoms with Gasteiger partial charge in [-0.2, -0.15) is 5.26 Å². The number of anilines is 1. The molecule has 0 spiro atoms. The topological polar surface area (TPSA) is 70.0 Å². The normalized spacial score (nSPS) is 10.8. The average Bonchev–Trinajstić information content (AvgIpc) is 2.43. The van der Waals surface area contributed by atoms with Crippen molar-refractivity contribution < 1.29 is 8.42 Å². The van der Waals surface area contributed by atoms with Crippen molar-refractivity contribution in [2.24, 2.45) is 0 Å². The molecule has 0 radical (unpaired) electrons. The number of benzene rings is 2. The van der Waals surface area contributed by atoms with Crippen LogP contribution in [-0.2, 0) is 10.0 Å². The molecular formula is C14H11ClN2O2S. The maximum atomic E-state index is 12.3. The summed E-state index contributed by atoms with van der Waals surface area (Å²) in [5.41, 5.74) is 1.49. The van der Waals surface area contributed by atoms with Crippen LogP contribution < -0.4 is 4.72 Å². The predicted molar refractivity (Wildman–Crippen MR) is 78.2 cm³/mol. The molecule has 0 aliphatic rings. The van der Waals surface area contributed by atoms with Crippen molar-refractivity contribution in [1.29, 1.82) is 5.26 Å². The number of nitrogens with zero attached hydrogens (tertiary/aromatic N) is 1. The number of aryl methyl sites for hydroxylation is 1. The molecule has 1 N–H and O–H groups in total. The van der Waals surface area contributed by atoms with Gasteiger partial charge in [0.1, 0.15) is 0 Å². The minimum atomic E-state index is -3.73. The van der Waals surface area contributed by atoms with E-state index >= 15 is 0 Å². The molecule has 0 bridgehead atoms. The average molecular weight is 307 g/mol. The second-order valence-corrected chi connectivity index (χ2v) is 6.26. The molecule has 6 heteroatoms. The summed E-state index contributed by atoms with van der Waals surface area (Å²) in [6, 6.07) is 12.7. The van der Waals surface area contributed by atoms with Crippen molar-refractivity contribution in [1.82, 2.24) is 0 Å². The van der Waals surface area contributed by atoms with E-state index in [2.05, 4.69) is 4.72 Å². The number of rotatable bonds is 3. The zero-order valence-corrected chi connectivity index (χ0v) is 12.2. The van der Waals surface area contributed by atoms with Gasteiger partial charge in [0.15, 0.2) is 0 Å². The molecule has 2 aromatic rings. The summed E-state index contributed by atoms with van der Waals surface area (Å²) in [6.07, 6.45) is 0. The zero-order valence-electron chi connectivity index (χ0n) is 10.6. The molecule has 2 rings (SSSR count). The highest BCUT2D eigenvalue weighted by Gasteiger charge is 2.16. The molecule has 102 valence electrons. The molecular weight excluding hydrogens is 296 g/mol. The third-order valence-corrected chi connectivity index (χ3v) is 4.43. The lowest BCUT2D eigenvalue weighted by molar-refractivity contribution is 0.601. The summed E-state index contributed by atoms with van der Waals surface area (Å²) in [4.78, 5) is 0.0795. The Hall–Kier alpha value is -2.03. The highest BCUT2D eigenvalue weighted by Crippen LogP contribution is 2.27. The summed E-state index contributed by atoms with van der Waals surface area (Å²) < 4.78 is 27.0. The fraction of sp³-hybridized carbons (Fsp3) is 0.0714. The monoisotopic (exact) mass is 306 g/mol. The molecule has 2 aromatic carbocycles. The van der Waals surface area contributed by atoms with Crippen LogP contribution in [0.5, 0.6) is 0 Å². The number of nitrogens with one attached hydrogen (secondary N) is 1. The molecule has 4 nitrogen and oxygen atoms in total. The van der Waals surface area contributed by atoms with Gasteiger partial charge in [-0.15, -0.1) is 0 Å². The quantitative estimate of drug-likeness (QED) is 0.945. The minimum absolute atomic E-state index is 0.0795. The van der Waals surface area contributed by atoms with Crippen LogP contribution in [0, 0.1) is 18.3 Å². The third-order valence-electron chi connectivity index (χ3n) is 2.75. The summed E-state index contributed by atoms with van der Waals surface area (Å²) in [7, 11) is -3.73. The van der Waals surface area contributed by atoms with Crippen molar-refractivity contribution in [3.05, 3.63) is 58.6 Å². The third kappa shape index (κ3) is 2.93. The Morgan fingerprint density at radius 3 is 2.35 bits per heavy atom. The fourth-order valence-corrected chi connectivity index (χ4v) is 3.14. The number of halogens is 1. The Morgan fingerprint density at radius 1 is 1.15 bits per heavy atom. The Morgan fingerprint density at radius 2 is 1.80 bits per heavy atom. The van der Waals surface area contributed by atoms with E-state index in [1.807, 2.05) is 6.07 Å². The molecule has 0 fully saturated rings. The van der Waals surface area contributed by atoms with E-state index in [1.54, 1.807) is 25.1 Å².